The van der Waals surface area contributed by atoms with Gasteiger partial charge in [0, 0.05) is 18.3 Å². The van der Waals surface area contributed by atoms with Crippen molar-refractivity contribution >= 4 is 23.6 Å². The predicted octanol–water partition coefficient (Wildman–Crippen LogP) is 5.49. The molecule has 0 spiro atoms. The third-order valence-electron chi connectivity index (χ3n) is 6.44. The number of carbonyl (C=O) groups is 2. The van der Waals surface area contributed by atoms with Crippen LogP contribution in [0.5, 0.6) is 5.75 Å². The maximum Gasteiger partial charge on any atom is 0.243 e. The van der Waals surface area contributed by atoms with Crippen LogP contribution < -0.4 is 10.1 Å². The van der Waals surface area contributed by atoms with Gasteiger partial charge in [0.25, 0.3) is 0 Å². The maximum atomic E-state index is 13.4. The highest BCUT2D eigenvalue weighted by Gasteiger charge is 2.30. The largest absolute Gasteiger partial charge is 0.497 e. The molecule has 0 radical (unpaired) electrons. The summed E-state index contributed by atoms with van der Waals surface area (Å²) in [5.74, 6) is 1.81. The molecule has 1 aliphatic rings. The van der Waals surface area contributed by atoms with E-state index in [1.165, 1.54) is 17.5 Å². The Kier molecular flexibility index (Phi) is 10.3. The summed E-state index contributed by atoms with van der Waals surface area (Å²) in [7, 11) is 1.64. The summed E-state index contributed by atoms with van der Waals surface area (Å²) < 4.78 is 5.37. The normalized spacial score (nSPS) is 14.9. The van der Waals surface area contributed by atoms with Crippen LogP contribution in [0.2, 0.25) is 0 Å². The minimum atomic E-state index is -0.486. The van der Waals surface area contributed by atoms with Crippen molar-refractivity contribution in [1.29, 1.82) is 0 Å². The van der Waals surface area contributed by atoms with Crippen LogP contribution in [-0.2, 0) is 21.9 Å². The number of hydrogen-bond acceptors (Lipinski definition) is 4. The van der Waals surface area contributed by atoms with Gasteiger partial charge in [0.05, 0.1) is 12.9 Å². The Balaban J connectivity index is 1.71. The minimum absolute atomic E-state index is 0.00873. The van der Waals surface area contributed by atoms with Crippen molar-refractivity contribution in [1.82, 2.24) is 10.2 Å². The van der Waals surface area contributed by atoms with Crippen LogP contribution in [0.15, 0.2) is 48.5 Å². The summed E-state index contributed by atoms with van der Waals surface area (Å²) in [6.45, 7) is 4.44. The van der Waals surface area contributed by atoms with Crippen molar-refractivity contribution in [3.63, 3.8) is 0 Å². The first-order valence-electron chi connectivity index (χ1n) is 12.4. The lowest BCUT2D eigenvalue weighted by molar-refractivity contribution is -0.139. The van der Waals surface area contributed by atoms with Gasteiger partial charge >= 0.3 is 0 Å². The monoisotopic (exact) mass is 482 g/mol. The highest BCUT2D eigenvalue weighted by molar-refractivity contribution is 7.99. The maximum absolute atomic E-state index is 13.4. The van der Waals surface area contributed by atoms with E-state index < -0.39 is 6.04 Å². The fourth-order valence-electron chi connectivity index (χ4n) is 4.45. The number of nitrogens with one attached hydrogen (secondary N) is 1. The SMILES string of the molecule is CCC(C(=O)NC1CCCCC1)N(Cc1cccc(OC)c1)C(=O)CSCc1ccc(C)cc1. The van der Waals surface area contributed by atoms with E-state index in [-0.39, 0.29) is 17.9 Å². The molecule has 1 saturated carbocycles. The van der Waals surface area contributed by atoms with Gasteiger partial charge in [-0.2, -0.15) is 0 Å². The van der Waals surface area contributed by atoms with Crippen LogP contribution in [0.3, 0.4) is 0 Å². The van der Waals surface area contributed by atoms with E-state index in [9.17, 15) is 9.59 Å². The van der Waals surface area contributed by atoms with E-state index in [0.717, 1.165) is 42.7 Å². The zero-order valence-corrected chi connectivity index (χ0v) is 21.5. The molecule has 0 aliphatic heterocycles. The summed E-state index contributed by atoms with van der Waals surface area (Å²) in [5.41, 5.74) is 3.38. The number of rotatable bonds is 11. The Morgan fingerprint density at radius 3 is 2.50 bits per heavy atom. The Morgan fingerprint density at radius 2 is 1.82 bits per heavy atom. The number of aryl methyl sites for hydroxylation is 1. The van der Waals surface area contributed by atoms with Crippen molar-refractivity contribution in [3.8, 4) is 5.75 Å². The molecule has 1 N–H and O–H groups in total. The number of methoxy groups -OCH3 is 1. The standard InChI is InChI=1S/C28H38N2O3S/c1-4-26(28(32)29-24-10-6-5-7-11-24)30(18-23-9-8-12-25(17-23)33-3)27(31)20-34-19-22-15-13-21(2)14-16-22/h8-9,12-17,24,26H,4-7,10-11,18-20H2,1-3H3,(H,29,32). The first-order chi connectivity index (χ1) is 16.5. The van der Waals surface area contributed by atoms with Gasteiger partial charge in [-0.3, -0.25) is 9.59 Å². The molecule has 1 aliphatic carbocycles. The van der Waals surface area contributed by atoms with Gasteiger partial charge in [-0.1, -0.05) is 68.1 Å². The first-order valence-corrected chi connectivity index (χ1v) is 13.5. The van der Waals surface area contributed by atoms with E-state index in [1.54, 1.807) is 23.8 Å². The van der Waals surface area contributed by atoms with Crippen LogP contribution in [0, 0.1) is 6.92 Å². The lowest BCUT2D eigenvalue weighted by Gasteiger charge is -2.32. The lowest BCUT2D eigenvalue weighted by atomic mass is 9.95. The molecule has 5 nitrogen and oxygen atoms in total. The molecule has 2 aromatic carbocycles. The van der Waals surface area contributed by atoms with Crippen LogP contribution in [0.25, 0.3) is 0 Å². The molecule has 0 saturated heterocycles. The third kappa shape index (κ3) is 7.79. The van der Waals surface area contributed by atoms with E-state index >= 15 is 0 Å². The lowest BCUT2D eigenvalue weighted by Crippen LogP contribution is -2.52. The summed E-state index contributed by atoms with van der Waals surface area (Å²) >= 11 is 1.59. The Morgan fingerprint density at radius 1 is 1.09 bits per heavy atom. The Labute approximate surface area is 208 Å². The first kappa shape index (κ1) is 26.1. The number of amides is 2. The minimum Gasteiger partial charge on any atom is -0.497 e. The van der Waals surface area contributed by atoms with Crippen LogP contribution in [-0.4, -0.2) is 41.7 Å². The molecular formula is C28H38N2O3S. The molecule has 0 aromatic heterocycles. The molecule has 1 fully saturated rings. The molecule has 34 heavy (non-hydrogen) atoms. The highest BCUT2D eigenvalue weighted by Crippen LogP contribution is 2.21. The van der Waals surface area contributed by atoms with Gasteiger partial charge in [0.15, 0.2) is 0 Å². The second-order valence-corrected chi connectivity index (χ2v) is 10.1. The van der Waals surface area contributed by atoms with Gasteiger partial charge in [0.1, 0.15) is 11.8 Å². The van der Waals surface area contributed by atoms with Crippen molar-refractivity contribution in [2.45, 2.75) is 76.8 Å². The zero-order chi connectivity index (χ0) is 24.3. The second-order valence-electron chi connectivity index (χ2n) is 9.12. The number of ether oxygens (including phenoxy) is 1. The zero-order valence-electron chi connectivity index (χ0n) is 20.7. The van der Waals surface area contributed by atoms with Crippen LogP contribution in [0.4, 0.5) is 0 Å². The van der Waals surface area contributed by atoms with Crippen molar-refractivity contribution in [2.75, 3.05) is 12.9 Å². The molecule has 3 rings (SSSR count). The molecular weight excluding hydrogens is 444 g/mol. The second kappa shape index (κ2) is 13.4. The van der Waals surface area contributed by atoms with Crippen molar-refractivity contribution in [3.05, 3.63) is 65.2 Å². The quantitative estimate of drug-likeness (QED) is 0.460. The van der Waals surface area contributed by atoms with E-state index in [4.69, 9.17) is 4.74 Å². The Hall–Kier alpha value is -2.47. The summed E-state index contributed by atoms with van der Waals surface area (Å²) in [6, 6.07) is 15.9. The van der Waals surface area contributed by atoms with Crippen molar-refractivity contribution in [2.24, 2.45) is 0 Å². The summed E-state index contributed by atoms with van der Waals surface area (Å²) in [4.78, 5) is 28.5. The number of carbonyl (C=O) groups excluding carboxylic acids is 2. The number of thioether (sulfide) groups is 1. The topological polar surface area (TPSA) is 58.6 Å². The van der Waals surface area contributed by atoms with E-state index in [2.05, 4.69) is 36.5 Å². The predicted molar refractivity (Wildman–Crippen MR) is 140 cm³/mol. The molecule has 2 aromatic rings. The molecule has 6 heteroatoms. The molecule has 0 bridgehead atoms. The summed E-state index contributed by atoms with van der Waals surface area (Å²) in [5, 5.41) is 3.24. The average molecular weight is 483 g/mol. The fourth-order valence-corrected chi connectivity index (χ4v) is 5.33. The van der Waals surface area contributed by atoms with Crippen molar-refractivity contribution < 1.29 is 14.3 Å². The molecule has 2 amide bonds. The smallest absolute Gasteiger partial charge is 0.243 e. The third-order valence-corrected chi connectivity index (χ3v) is 7.43. The Bertz CT molecular complexity index is 926. The van der Waals surface area contributed by atoms with Gasteiger partial charge in [-0.25, -0.2) is 0 Å². The number of benzene rings is 2. The summed E-state index contributed by atoms with van der Waals surface area (Å²) in [6.07, 6.45) is 6.18. The van der Waals surface area contributed by atoms with E-state index in [1.807, 2.05) is 31.2 Å². The molecule has 1 unspecified atom stereocenters. The fraction of sp³-hybridized carbons (Fsp3) is 0.500. The molecule has 1 atom stereocenters. The van der Waals surface area contributed by atoms with Gasteiger partial charge in [0.2, 0.25) is 11.8 Å². The van der Waals surface area contributed by atoms with Crippen LogP contribution >= 0.6 is 11.8 Å². The van der Waals surface area contributed by atoms with Crippen LogP contribution in [0.1, 0.15) is 62.1 Å². The number of nitrogens with zero attached hydrogens (tertiary/aromatic N) is 1. The van der Waals surface area contributed by atoms with Gasteiger partial charge in [-0.15, -0.1) is 11.8 Å². The van der Waals surface area contributed by atoms with Gasteiger partial charge in [-0.05, 0) is 49.4 Å². The number of hydrogen-bond donors (Lipinski definition) is 1. The molecule has 0 heterocycles. The van der Waals surface area contributed by atoms with Gasteiger partial charge < -0.3 is 15.0 Å². The average Bonchev–Trinajstić information content (AvgIpc) is 2.85. The van der Waals surface area contributed by atoms with E-state index in [0.29, 0.717) is 18.7 Å². The highest BCUT2D eigenvalue weighted by atomic mass is 32.2. The molecule has 184 valence electrons.